The second kappa shape index (κ2) is 8.92. The van der Waals surface area contributed by atoms with Gasteiger partial charge in [0.15, 0.2) is 0 Å². The van der Waals surface area contributed by atoms with Crippen molar-refractivity contribution in [2.45, 2.75) is 19.8 Å². The zero-order valence-corrected chi connectivity index (χ0v) is 5.52. The average Bonchev–Trinajstić information content (AvgIpc) is 1.41. The van der Waals surface area contributed by atoms with E-state index in [2.05, 4.69) is 0 Å². The second-order valence-corrected chi connectivity index (χ2v) is 0.955. The minimum absolute atomic E-state index is 0. The number of aldehydes is 1. The van der Waals surface area contributed by atoms with Crippen molar-refractivity contribution >= 4 is 16.2 Å². The van der Waals surface area contributed by atoms with Crippen molar-refractivity contribution in [3.05, 3.63) is 0 Å². The smallest absolute Gasteiger partial charge is 0.119 e. The fourth-order valence-corrected chi connectivity index (χ4v) is 0.118. The zero-order valence-electron chi connectivity index (χ0n) is 4.11. The molecule has 0 aliphatic heterocycles. The molecule has 38 valence electrons. The summed E-state index contributed by atoms with van der Waals surface area (Å²) >= 11 is 0. The van der Waals surface area contributed by atoms with Gasteiger partial charge < -0.3 is 4.79 Å². The topological polar surface area (TPSA) is 17.1 Å². The van der Waals surface area contributed by atoms with E-state index in [1.165, 1.54) is 0 Å². The highest BCUT2D eigenvalue weighted by Gasteiger charge is 1.66. The van der Waals surface area contributed by atoms with Crippen molar-refractivity contribution in [3.8, 4) is 0 Å². The molecule has 0 N–H and O–H groups in total. The number of carbonyl (C=O) groups excluding carboxylic acids is 1. The first-order valence-corrected chi connectivity index (χ1v) is 1.85. The predicted octanol–water partition coefficient (Wildman–Crippen LogP) is 1.04. The normalized spacial score (nSPS) is 6.17. The molecule has 0 aromatic heterocycles. The van der Waals surface area contributed by atoms with E-state index in [-0.39, 0.29) is 9.90 Å². The fourth-order valence-electron chi connectivity index (χ4n) is 0.118. The number of carbonyl (C=O) groups is 1. The van der Waals surface area contributed by atoms with Gasteiger partial charge in [0.25, 0.3) is 0 Å². The molecule has 1 nitrogen and oxygen atoms in total. The van der Waals surface area contributed by atoms with E-state index in [0.29, 0.717) is 6.42 Å². The van der Waals surface area contributed by atoms with Gasteiger partial charge in [-0.2, -0.15) is 9.90 Å². The van der Waals surface area contributed by atoms with Crippen LogP contribution in [0.4, 0.5) is 0 Å². The molecular weight excluding hydrogens is 95.0 g/mol. The van der Waals surface area contributed by atoms with Crippen molar-refractivity contribution in [2.24, 2.45) is 0 Å². The quantitative estimate of drug-likeness (QED) is 0.379. The molecule has 0 aromatic rings. The van der Waals surface area contributed by atoms with Crippen LogP contribution in [0.3, 0.4) is 0 Å². The standard InChI is InChI=1S/C4H8O.H3P/c1-2-3-4-5;/h4H,2-3H2,1H3;1H3. The Kier molecular flexibility index (Phi) is 14.0. The molecule has 0 fully saturated rings. The Bertz CT molecular complexity index is 28.7. The van der Waals surface area contributed by atoms with Crippen molar-refractivity contribution in [2.75, 3.05) is 0 Å². The molecule has 0 heterocycles. The number of unbranched alkanes of at least 4 members (excludes halogenated alkanes) is 1. The summed E-state index contributed by atoms with van der Waals surface area (Å²) in [4.78, 5) is 9.40. The Hall–Kier alpha value is 0.100. The van der Waals surface area contributed by atoms with Gasteiger partial charge in [0.05, 0.1) is 0 Å². The summed E-state index contributed by atoms with van der Waals surface area (Å²) < 4.78 is 0. The Balaban J connectivity index is 0. The molecule has 0 rings (SSSR count). The van der Waals surface area contributed by atoms with E-state index in [9.17, 15) is 4.79 Å². The van der Waals surface area contributed by atoms with Gasteiger partial charge in [-0.25, -0.2) is 0 Å². The summed E-state index contributed by atoms with van der Waals surface area (Å²) in [5.74, 6) is 0. The van der Waals surface area contributed by atoms with E-state index in [0.717, 1.165) is 12.7 Å². The molecule has 0 aromatic carbocycles. The highest BCUT2D eigenvalue weighted by molar-refractivity contribution is 6.92. The van der Waals surface area contributed by atoms with Gasteiger partial charge in [-0.1, -0.05) is 6.92 Å². The molecule has 0 spiro atoms. The summed E-state index contributed by atoms with van der Waals surface area (Å²) in [5.41, 5.74) is 0. The SMILES string of the molecule is CCCC=O.P. The van der Waals surface area contributed by atoms with Crippen molar-refractivity contribution in [3.63, 3.8) is 0 Å². The van der Waals surface area contributed by atoms with Crippen molar-refractivity contribution in [1.29, 1.82) is 0 Å². The third kappa shape index (κ3) is 8.93. The maximum absolute atomic E-state index is 9.40. The molecule has 2 heteroatoms. The molecule has 1 unspecified atom stereocenters. The lowest BCUT2D eigenvalue weighted by molar-refractivity contribution is -0.107. The first-order valence-electron chi connectivity index (χ1n) is 1.85. The van der Waals surface area contributed by atoms with Crippen molar-refractivity contribution in [1.82, 2.24) is 0 Å². The molecule has 0 aliphatic rings. The van der Waals surface area contributed by atoms with Gasteiger partial charge in [0.1, 0.15) is 6.29 Å². The van der Waals surface area contributed by atoms with Crippen LogP contribution in [-0.4, -0.2) is 6.29 Å². The van der Waals surface area contributed by atoms with E-state index in [1.54, 1.807) is 0 Å². The molecular formula is C4H11OP. The molecule has 6 heavy (non-hydrogen) atoms. The van der Waals surface area contributed by atoms with Crippen LogP contribution in [0.15, 0.2) is 0 Å². The lowest BCUT2D eigenvalue weighted by atomic mass is 10.4. The first-order chi connectivity index (χ1) is 2.41. The van der Waals surface area contributed by atoms with Crippen LogP contribution in [0.5, 0.6) is 0 Å². The summed E-state index contributed by atoms with van der Waals surface area (Å²) in [6, 6.07) is 0. The maximum Gasteiger partial charge on any atom is 0.119 e. The molecule has 1 atom stereocenters. The van der Waals surface area contributed by atoms with Gasteiger partial charge in [0, 0.05) is 6.42 Å². The fraction of sp³-hybridized carbons (Fsp3) is 0.750. The van der Waals surface area contributed by atoms with Gasteiger partial charge in [0.2, 0.25) is 0 Å². The molecule has 0 saturated carbocycles. The first kappa shape index (κ1) is 9.44. The predicted molar refractivity (Wildman–Crippen MR) is 32.1 cm³/mol. The average molecular weight is 106 g/mol. The zero-order chi connectivity index (χ0) is 4.12. The van der Waals surface area contributed by atoms with Crippen LogP contribution in [0.1, 0.15) is 19.8 Å². The van der Waals surface area contributed by atoms with E-state index < -0.39 is 0 Å². The molecule has 0 saturated heterocycles. The third-order valence-electron chi connectivity index (χ3n) is 0.407. The Morgan fingerprint density at radius 1 is 1.67 bits per heavy atom. The highest BCUT2D eigenvalue weighted by atomic mass is 31.0. The van der Waals surface area contributed by atoms with Crippen LogP contribution in [0.2, 0.25) is 0 Å². The number of hydrogen-bond donors (Lipinski definition) is 0. The lowest BCUT2D eigenvalue weighted by Gasteiger charge is -1.68. The van der Waals surface area contributed by atoms with E-state index in [4.69, 9.17) is 0 Å². The molecule has 0 radical (unpaired) electrons. The van der Waals surface area contributed by atoms with E-state index >= 15 is 0 Å². The third-order valence-corrected chi connectivity index (χ3v) is 0.407. The minimum Gasteiger partial charge on any atom is -0.303 e. The molecule has 0 amide bonds. The van der Waals surface area contributed by atoms with Crippen LogP contribution in [-0.2, 0) is 4.79 Å². The van der Waals surface area contributed by atoms with Gasteiger partial charge in [-0.15, -0.1) is 0 Å². The van der Waals surface area contributed by atoms with Gasteiger partial charge >= 0.3 is 0 Å². The Morgan fingerprint density at radius 3 is 2.17 bits per heavy atom. The van der Waals surface area contributed by atoms with E-state index in [1.807, 2.05) is 6.92 Å². The maximum atomic E-state index is 9.40. The Morgan fingerprint density at radius 2 is 2.17 bits per heavy atom. The van der Waals surface area contributed by atoms with Crippen LogP contribution < -0.4 is 0 Å². The van der Waals surface area contributed by atoms with Crippen molar-refractivity contribution < 1.29 is 4.79 Å². The second-order valence-electron chi connectivity index (χ2n) is 0.955. The van der Waals surface area contributed by atoms with Crippen LogP contribution >= 0.6 is 9.90 Å². The summed E-state index contributed by atoms with van der Waals surface area (Å²) in [7, 11) is 0. The Labute approximate surface area is 41.7 Å². The van der Waals surface area contributed by atoms with Crippen LogP contribution in [0.25, 0.3) is 0 Å². The monoisotopic (exact) mass is 106 g/mol. The summed E-state index contributed by atoms with van der Waals surface area (Å²) in [5, 5.41) is 0. The number of rotatable bonds is 2. The lowest BCUT2D eigenvalue weighted by Crippen LogP contribution is -1.64. The summed E-state index contributed by atoms with van der Waals surface area (Å²) in [6.07, 6.45) is 2.61. The highest BCUT2D eigenvalue weighted by Crippen LogP contribution is 1.74. The summed E-state index contributed by atoms with van der Waals surface area (Å²) in [6.45, 7) is 1.98. The van der Waals surface area contributed by atoms with Crippen LogP contribution in [0, 0.1) is 0 Å². The van der Waals surface area contributed by atoms with Gasteiger partial charge in [-0.3, -0.25) is 0 Å². The van der Waals surface area contributed by atoms with Gasteiger partial charge in [-0.05, 0) is 6.42 Å². The minimum atomic E-state index is 0. The number of hydrogen-bond acceptors (Lipinski definition) is 1. The largest absolute Gasteiger partial charge is 0.303 e. The molecule has 0 aliphatic carbocycles. The molecule has 0 bridgehead atoms.